The highest BCUT2D eigenvalue weighted by Gasteiger charge is 2.52. The Morgan fingerprint density at radius 1 is 1.00 bits per heavy atom. The Labute approximate surface area is 146 Å². The van der Waals surface area contributed by atoms with Gasteiger partial charge >= 0.3 is 0 Å². The van der Waals surface area contributed by atoms with E-state index in [1.165, 1.54) is 24.8 Å². The van der Waals surface area contributed by atoms with E-state index in [4.69, 9.17) is 0 Å². The molecule has 132 valence electrons. The van der Waals surface area contributed by atoms with Crippen molar-refractivity contribution in [3.05, 3.63) is 29.8 Å². The quantitative estimate of drug-likeness (QED) is 0.835. The van der Waals surface area contributed by atoms with E-state index in [1.807, 2.05) is 12.1 Å². The van der Waals surface area contributed by atoms with Crippen LogP contribution in [-0.4, -0.2) is 14.0 Å². The van der Waals surface area contributed by atoms with Gasteiger partial charge < -0.3 is 0 Å². The Hall–Kier alpha value is -0.870. The van der Waals surface area contributed by atoms with Crippen LogP contribution in [0.4, 0.5) is 0 Å². The summed E-state index contributed by atoms with van der Waals surface area (Å²) in [5, 5.41) is 0. The Bertz CT molecular complexity index is 658. The molecule has 0 aliphatic heterocycles. The predicted octanol–water partition coefficient (Wildman–Crippen LogP) is 4.28. The van der Waals surface area contributed by atoms with Crippen molar-refractivity contribution in [2.45, 2.75) is 75.1 Å². The highest BCUT2D eigenvalue weighted by atomic mass is 32.2. The van der Waals surface area contributed by atoms with Crippen LogP contribution in [0.5, 0.6) is 0 Å². The number of unbranched alkanes of at least 4 members (excludes halogenated alkanes) is 1. The number of hydrogen-bond acceptors (Lipinski definition) is 2. The second-order valence-corrected chi connectivity index (χ2v) is 10.2. The fourth-order valence-corrected chi connectivity index (χ4v) is 7.23. The van der Waals surface area contributed by atoms with E-state index < -0.39 is 10.0 Å². The lowest BCUT2D eigenvalue weighted by molar-refractivity contribution is -0.00810. The van der Waals surface area contributed by atoms with Gasteiger partial charge in [-0.15, -0.1) is 0 Å². The highest BCUT2D eigenvalue weighted by Crippen LogP contribution is 2.55. The van der Waals surface area contributed by atoms with Gasteiger partial charge in [0.2, 0.25) is 10.0 Å². The van der Waals surface area contributed by atoms with Gasteiger partial charge in [-0.25, -0.2) is 13.1 Å². The molecular formula is C20H29NO2S. The lowest BCUT2D eigenvalue weighted by Gasteiger charge is -2.56. The predicted molar refractivity (Wildman–Crippen MR) is 96.3 cm³/mol. The first kappa shape index (κ1) is 16.6. The minimum Gasteiger partial charge on any atom is -0.207 e. The highest BCUT2D eigenvalue weighted by molar-refractivity contribution is 7.89. The number of aryl methyl sites for hydroxylation is 1. The first-order chi connectivity index (χ1) is 11.5. The standard InChI is InChI=1S/C20H29NO2S/c1-2-3-4-15-5-7-19(8-6-15)24(22,23)21-20-12-16-9-17(13-20)11-18(10-16)14-20/h5-8,16-18,21H,2-4,9-14H2,1H3. The topological polar surface area (TPSA) is 46.2 Å². The Morgan fingerprint density at radius 3 is 2.04 bits per heavy atom. The Morgan fingerprint density at radius 2 is 1.54 bits per heavy atom. The van der Waals surface area contributed by atoms with Gasteiger partial charge in [0.05, 0.1) is 4.90 Å². The molecule has 1 aromatic rings. The first-order valence-electron chi connectivity index (χ1n) is 9.61. The van der Waals surface area contributed by atoms with E-state index in [9.17, 15) is 8.42 Å². The number of benzene rings is 1. The van der Waals surface area contributed by atoms with Crippen LogP contribution in [0.1, 0.15) is 63.9 Å². The molecule has 4 heteroatoms. The molecule has 0 amide bonds. The molecule has 0 heterocycles. The van der Waals surface area contributed by atoms with Crippen molar-refractivity contribution >= 4 is 10.0 Å². The van der Waals surface area contributed by atoms with Crippen molar-refractivity contribution in [3.63, 3.8) is 0 Å². The normalized spacial score (nSPS) is 34.6. The third-order valence-electron chi connectivity index (χ3n) is 6.44. The van der Waals surface area contributed by atoms with E-state index >= 15 is 0 Å². The summed E-state index contributed by atoms with van der Waals surface area (Å²) in [6.07, 6.45) is 10.5. The molecule has 4 aliphatic rings. The lowest BCUT2D eigenvalue weighted by Crippen LogP contribution is -2.59. The third-order valence-corrected chi connectivity index (χ3v) is 8.04. The van der Waals surface area contributed by atoms with Crippen LogP contribution in [0.15, 0.2) is 29.2 Å². The average Bonchev–Trinajstić information content (AvgIpc) is 2.51. The van der Waals surface area contributed by atoms with Gasteiger partial charge in [0.1, 0.15) is 0 Å². The fourth-order valence-electron chi connectivity index (χ4n) is 5.80. The Kier molecular flexibility index (Phi) is 4.24. The van der Waals surface area contributed by atoms with Crippen LogP contribution < -0.4 is 4.72 Å². The van der Waals surface area contributed by atoms with Gasteiger partial charge in [-0.3, -0.25) is 0 Å². The molecule has 0 aromatic heterocycles. The molecule has 4 fully saturated rings. The van der Waals surface area contributed by atoms with Crippen molar-refractivity contribution in [1.82, 2.24) is 4.72 Å². The molecule has 0 atom stereocenters. The minimum atomic E-state index is -3.41. The average molecular weight is 348 g/mol. The fraction of sp³-hybridized carbons (Fsp3) is 0.700. The molecule has 0 spiro atoms. The second kappa shape index (κ2) is 6.14. The largest absolute Gasteiger partial charge is 0.241 e. The van der Waals surface area contributed by atoms with Crippen LogP contribution in [0.25, 0.3) is 0 Å². The van der Waals surface area contributed by atoms with Crippen LogP contribution in [-0.2, 0) is 16.4 Å². The summed E-state index contributed by atoms with van der Waals surface area (Å²) in [5.74, 6) is 2.24. The molecule has 4 saturated carbocycles. The van der Waals surface area contributed by atoms with E-state index in [-0.39, 0.29) is 5.54 Å². The molecule has 24 heavy (non-hydrogen) atoms. The molecular weight excluding hydrogens is 318 g/mol. The number of rotatable bonds is 6. The molecule has 0 unspecified atom stereocenters. The van der Waals surface area contributed by atoms with E-state index in [2.05, 4.69) is 11.6 Å². The number of hydrogen-bond donors (Lipinski definition) is 1. The van der Waals surface area contributed by atoms with E-state index in [0.717, 1.165) is 56.3 Å². The SMILES string of the molecule is CCCCc1ccc(S(=O)(=O)NC23CC4CC(CC(C4)C2)C3)cc1. The smallest absolute Gasteiger partial charge is 0.207 e. The summed E-state index contributed by atoms with van der Waals surface area (Å²) in [6, 6.07) is 7.52. The molecule has 1 N–H and O–H groups in total. The molecule has 4 bridgehead atoms. The maximum absolute atomic E-state index is 12.9. The summed E-state index contributed by atoms with van der Waals surface area (Å²) in [4.78, 5) is 0.429. The van der Waals surface area contributed by atoms with Crippen LogP contribution >= 0.6 is 0 Å². The van der Waals surface area contributed by atoms with Crippen molar-refractivity contribution < 1.29 is 8.42 Å². The van der Waals surface area contributed by atoms with Gasteiger partial charge in [0, 0.05) is 5.54 Å². The zero-order valence-corrected chi connectivity index (χ0v) is 15.4. The monoisotopic (exact) mass is 347 g/mol. The molecule has 0 radical (unpaired) electrons. The van der Waals surface area contributed by atoms with Gasteiger partial charge in [0.15, 0.2) is 0 Å². The van der Waals surface area contributed by atoms with E-state index in [0.29, 0.717) is 4.90 Å². The van der Waals surface area contributed by atoms with Gasteiger partial charge in [-0.05, 0) is 86.8 Å². The van der Waals surface area contributed by atoms with Crippen LogP contribution in [0.2, 0.25) is 0 Å². The molecule has 3 nitrogen and oxygen atoms in total. The summed E-state index contributed by atoms with van der Waals surface area (Å²) in [6.45, 7) is 2.17. The van der Waals surface area contributed by atoms with Gasteiger partial charge in [0.25, 0.3) is 0 Å². The summed E-state index contributed by atoms with van der Waals surface area (Å²) < 4.78 is 29.0. The zero-order chi connectivity index (χ0) is 16.8. The van der Waals surface area contributed by atoms with Crippen molar-refractivity contribution in [2.24, 2.45) is 17.8 Å². The van der Waals surface area contributed by atoms with Gasteiger partial charge in [-0.1, -0.05) is 25.5 Å². The number of sulfonamides is 1. The zero-order valence-electron chi connectivity index (χ0n) is 14.6. The molecule has 4 aliphatic carbocycles. The molecule has 0 saturated heterocycles. The van der Waals surface area contributed by atoms with Crippen LogP contribution in [0.3, 0.4) is 0 Å². The maximum atomic E-state index is 12.9. The van der Waals surface area contributed by atoms with Crippen molar-refractivity contribution in [3.8, 4) is 0 Å². The van der Waals surface area contributed by atoms with Crippen molar-refractivity contribution in [1.29, 1.82) is 0 Å². The number of nitrogens with one attached hydrogen (secondary N) is 1. The Balaban J connectivity index is 1.51. The van der Waals surface area contributed by atoms with Gasteiger partial charge in [-0.2, -0.15) is 0 Å². The first-order valence-corrected chi connectivity index (χ1v) is 11.1. The lowest BCUT2D eigenvalue weighted by atomic mass is 9.53. The minimum absolute atomic E-state index is 0.158. The second-order valence-electron chi connectivity index (χ2n) is 8.55. The molecule has 1 aromatic carbocycles. The van der Waals surface area contributed by atoms with Crippen molar-refractivity contribution in [2.75, 3.05) is 0 Å². The summed E-state index contributed by atoms with van der Waals surface area (Å²) in [7, 11) is -3.41. The van der Waals surface area contributed by atoms with E-state index in [1.54, 1.807) is 12.1 Å². The third kappa shape index (κ3) is 3.15. The maximum Gasteiger partial charge on any atom is 0.241 e. The summed E-state index contributed by atoms with van der Waals surface area (Å²) >= 11 is 0. The molecule has 5 rings (SSSR count). The van der Waals surface area contributed by atoms with Crippen LogP contribution in [0, 0.1) is 17.8 Å². The summed E-state index contributed by atoms with van der Waals surface area (Å²) in [5.41, 5.74) is 1.07.